The minimum atomic E-state index is -3.55. The van der Waals surface area contributed by atoms with Crippen LogP contribution in [0.1, 0.15) is 32.1 Å². The van der Waals surface area contributed by atoms with E-state index in [4.69, 9.17) is 9.47 Å². The lowest BCUT2D eigenvalue weighted by Crippen LogP contribution is -2.60. The lowest BCUT2D eigenvalue weighted by molar-refractivity contribution is -0.123. The first-order chi connectivity index (χ1) is 16.4. The molecule has 2 heterocycles. The van der Waals surface area contributed by atoms with Crippen molar-refractivity contribution in [1.82, 2.24) is 19.4 Å². The molecule has 2 aliphatic heterocycles. The number of amides is 1. The predicted molar refractivity (Wildman–Crippen MR) is 129 cm³/mol. The number of hydrogen-bond acceptors (Lipinski definition) is 7. The number of nitrogens with zero attached hydrogens (tertiary/aromatic N) is 3. The zero-order chi connectivity index (χ0) is 24.0. The van der Waals surface area contributed by atoms with E-state index in [1.54, 1.807) is 31.4 Å². The zero-order valence-electron chi connectivity index (χ0n) is 20.2. The summed E-state index contributed by atoms with van der Waals surface area (Å²) in [6, 6.07) is 6.46. The summed E-state index contributed by atoms with van der Waals surface area (Å²) in [7, 11) is -2.00. The molecule has 10 heteroatoms. The van der Waals surface area contributed by atoms with E-state index in [-0.39, 0.29) is 16.3 Å². The van der Waals surface area contributed by atoms with Gasteiger partial charge in [0, 0.05) is 51.4 Å². The molecule has 3 aliphatic rings. The van der Waals surface area contributed by atoms with E-state index in [0.717, 1.165) is 39.1 Å². The molecule has 1 amide bonds. The maximum absolute atomic E-state index is 13.0. The molecule has 1 aliphatic carbocycles. The van der Waals surface area contributed by atoms with Gasteiger partial charge in [-0.2, -0.15) is 4.31 Å². The predicted octanol–water partition coefficient (Wildman–Crippen LogP) is 1.15. The molecule has 0 spiro atoms. The summed E-state index contributed by atoms with van der Waals surface area (Å²) in [6.45, 7) is 6.20. The highest BCUT2D eigenvalue weighted by Crippen LogP contribution is 2.34. The molecule has 0 unspecified atom stereocenters. The van der Waals surface area contributed by atoms with Gasteiger partial charge in [0.05, 0.1) is 31.8 Å². The average molecular weight is 495 g/mol. The molecule has 4 rings (SSSR count). The number of hydrogen-bond donors (Lipinski definition) is 1. The van der Waals surface area contributed by atoms with Crippen molar-refractivity contribution in [3.8, 4) is 5.75 Å². The number of sulfonamides is 1. The largest absolute Gasteiger partial charge is 0.497 e. The van der Waals surface area contributed by atoms with Crippen molar-refractivity contribution in [2.24, 2.45) is 0 Å². The Balaban J connectivity index is 1.26. The monoisotopic (exact) mass is 494 g/mol. The molecule has 3 fully saturated rings. The second kappa shape index (κ2) is 11.3. The van der Waals surface area contributed by atoms with Gasteiger partial charge >= 0.3 is 0 Å². The number of rotatable bonds is 8. The highest BCUT2D eigenvalue weighted by molar-refractivity contribution is 7.89. The molecule has 0 bridgehead atoms. The average Bonchev–Trinajstić information content (AvgIpc) is 2.89. The summed E-state index contributed by atoms with van der Waals surface area (Å²) < 4.78 is 38.1. The fourth-order valence-electron chi connectivity index (χ4n) is 5.40. The van der Waals surface area contributed by atoms with Gasteiger partial charge in [0.25, 0.3) is 0 Å². The van der Waals surface area contributed by atoms with Crippen LogP contribution in [0.25, 0.3) is 0 Å². The SMILES string of the molecule is COc1ccc(S(=O)(=O)N2CCN(CC(=O)NCC3(N4CCOCC4)CCCCC3)CC2)cc1. The van der Waals surface area contributed by atoms with Crippen LogP contribution in [-0.4, -0.2) is 107 Å². The van der Waals surface area contributed by atoms with Crippen LogP contribution in [0.4, 0.5) is 0 Å². The third-order valence-corrected chi connectivity index (χ3v) is 9.39. The molecule has 0 radical (unpaired) electrons. The highest BCUT2D eigenvalue weighted by Gasteiger charge is 2.39. The third-order valence-electron chi connectivity index (χ3n) is 7.48. The number of carbonyl (C=O) groups is 1. The summed E-state index contributed by atoms with van der Waals surface area (Å²) in [5, 5.41) is 3.21. The van der Waals surface area contributed by atoms with E-state index in [9.17, 15) is 13.2 Å². The number of benzene rings is 1. The van der Waals surface area contributed by atoms with Crippen molar-refractivity contribution < 1.29 is 22.7 Å². The lowest BCUT2D eigenvalue weighted by Gasteiger charge is -2.48. The highest BCUT2D eigenvalue weighted by atomic mass is 32.2. The van der Waals surface area contributed by atoms with E-state index >= 15 is 0 Å². The van der Waals surface area contributed by atoms with Crippen LogP contribution < -0.4 is 10.1 Å². The first kappa shape index (κ1) is 25.4. The van der Waals surface area contributed by atoms with Crippen LogP contribution in [0.2, 0.25) is 0 Å². The minimum absolute atomic E-state index is 0.0182. The van der Waals surface area contributed by atoms with E-state index in [1.807, 2.05) is 4.90 Å². The maximum Gasteiger partial charge on any atom is 0.243 e. The Hall–Kier alpha value is -1.72. The van der Waals surface area contributed by atoms with Crippen molar-refractivity contribution in [1.29, 1.82) is 0 Å². The van der Waals surface area contributed by atoms with Gasteiger partial charge in [0.15, 0.2) is 0 Å². The molecule has 9 nitrogen and oxygen atoms in total. The standard InChI is InChI=1S/C24H38N4O5S/c1-32-21-5-7-22(8-6-21)34(30,31)28-13-11-26(12-14-28)19-23(29)25-20-24(9-3-2-4-10-24)27-15-17-33-18-16-27/h5-8H,2-4,9-20H2,1H3,(H,25,29). The summed E-state index contributed by atoms with van der Waals surface area (Å²) in [4.78, 5) is 17.6. The van der Waals surface area contributed by atoms with Crippen LogP contribution in [0.3, 0.4) is 0 Å². The van der Waals surface area contributed by atoms with Gasteiger partial charge < -0.3 is 14.8 Å². The smallest absolute Gasteiger partial charge is 0.243 e. The molecule has 1 N–H and O–H groups in total. The Kier molecular flexibility index (Phi) is 8.47. The van der Waals surface area contributed by atoms with Crippen LogP contribution in [-0.2, 0) is 19.6 Å². The number of methoxy groups -OCH3 is 1. The van der Waals surface area contributed by atoms with Gasteiger partial charge in [0.1, 0.15) is 5.75 Å². The Morgan fingerprint density at radius 1 is 1.00 bits per heavy atom. The topological polar surface area (TPSA) is 91.4 Å². The van der Waals surface area contributed by atoms with Crippen LogP contribution >= 0.6 is 0 Å². The van der Waals surface area contributed by atoms with Crippen molar-refractivity contribution >= 4 is 15.9 Å². The zero-order valence-corrected chi connectivity index (χ0v) is 21.0. The first-order valence-electron chi connectivity index (χ1n) is 12.4. The van der Waals surface area contributed by atoms with Gasteiger partial charge in [-0.05, 0) is 37.1 Å². The molecular formula is C24H38N4O5S. The Labute approximate surface area is 203 Å². The normalized spacial score (nSPS) is 22.9. The van der Waals surface area contributed by atoms with Gasteiger partial charge in [-0.1, -0.05) is 19.3 Å². The van der Waals surface area contributed by atoms with Crippen LogP contribution in [0, 0.1) is 0 Å². The lowest BCUT2D eigenvalue weighted by atomic mass is 9.79. The van der Waals surface area contributed by atoms with Crippen LogP contribution in [0.15, 0.2) is 29.2 Å². The summed E-state index contributed by atoms with van der Waals surface area (Å²) in [5.41, 5.74) is 0.0445. The van der Waals surface area contributed by atoms with Crippen molar-refractivity contribution in [3.63, 3.8) is 0 Å². The van der Waals surface area contributed by atoms with Gasteiger partial charge in [-0.25, -0.2) is 8.42 Å². The minimum Gasteiger partial charge on any atom is -0.497 e. The molecule has 190 valence electrons. The van der Waals surface area contributed by atoms with Crippen LogP contribution in [0.5, 0.6) is 5.75 Å². The second-order valence-corrected chi connectivity index (χ2v) is 11.5. The molecule has 0 aromatic heterocycles. The fourth-order valence-corrected chi connectivity index (χ4v) is 6.82. The fraction of sp³-hybridized carbons (Fsp3) is 0.708. The van der Waals surface area contributed by atoms with E-state index in [2.05, 4.69) is 10.2 Å². The summed E-state index contributed by atoms with van der Waals surface area (Å²) in [5.74, 6) is 0.642. The number of ether oxygens (including phenoxy) is 2. The van der Waals surface area contributed by atoms with E-state index in [1.165, 1.54) is 23.6 Å². The molecule has 1 saturated carbocycles. The van der Waals surface area contributed by atoms with Crippen molar-refractivity contribution in [3.05, 3.63) is 24.3 Å². The van der Waals surface area contributed by atoms with Gasteiger partial charge in [-0.3, -0.25) is 14.6 Å². The van der Waals surface area contributed by atoms with E-state index in [0.29, 0.717) is 45.0 Å². The molecule has 1 aromatic carbocycles. The third kappa shape index (κ3) is 5.91. The van der Waals surface area contributed by atoms with Gasteiger partial charge in [-0.15, -0.1) is 0 Å². The molecular weight excluding hydrogens is 456 g/mol. The first-order valence-corrected chi connectivity index (χ1v) is 13.8. The van der Waals surface area contributed by atoms with Gasteiger partial charge in [0.2, 0.25) is 15.9 Å². The quantitative estimate of drug-likeness (QED) is 0.580. The molecule has 0 atom stereocenters. The Morgan fingerprint density at radius 3 is 2.26 bits per heavy atom. The number of piperazine rings is 1. The number of nitrogens with one attached hydrogen (secondary N) is 1. The number of morpholine rings is 1. The van der Waals surface area contributed by atoms with Crippen molar-refractivity contribution in [2.45, 2.75) is 42.5 Å². The molecule has 1 aromatic rings. The van der Waals surface area contributed by atoms with E-state index < -0.39 is 10.0 Å². The summed E-state index contributed by atoms with van der Waals surface area (Å²) in [6.07, 6.45) is 5.92. The Morgan fingerprint density at radius 2 is 1.65 bits per heavy atom. The summed E-state index contributed by atoms with van der Waals surface area (Å²) >= 11 is 0. The maximum atomic E-state index is 13.0. The second-order valence-electron chi connectivity index (χ2n) is 9.52. The van der Waals surface area contributed by atoms with Crippen molar-refractivity contribution in [2.75, 3.05) is 72.7 Å². The molecule has 2 saturated heterocycles. The number of carbonyl (C=O) groups excluding carboxylic acids is 1. The molecule has 34 heavy (non-hydrogen) atoms. The Bertz CT molecular complexity index is 904.